The van der Waals surface area contributed by atoms with Crippen LogP contribution in [0.2, 0.25) is 0 Å². The van der Waals surface area contributed by atoms with Crippen molar-refractivity contribution >= 4 is 6.03 Å². The Balaban J connectivity index is 1.56. The fraction of sp³-hybridized carbons (Fsp3) is 0.273. The molecule has 2 aromatic carbocycles. The van der Waals surface area contributed by atoms with Crippen molar-refractivity contribution in [2.24, 2.45) is 0 Å². The predicted octanol–water partition coefficient (Wildman–Crippen LogP) is 3.89. The van der Waals surface area contributed by atoms with E-state index in [-0.39, 0.29) is 12.1 Å². The molecule has 0 aliphatic heterocycles. The number of nitrogens with one attached hydrogen (secondary N) is 2. The van der Waals surface area contributed by atoms with E-state index in [2.05, 4.69) is 21.7 Å². The number of rotatable bonds is 8. The number of carbonyl (C=O) groups excluding carboxylic acids is 1. The molecular formula is C22H26N4O2. The molecule has 28 heavy (non-hydrogen) atoms. The minimum Gasteiger partial charge on any atom is -0.494 e. The number of hydrogen-bond acceptors (Lipinski definition) is 3. The second kappa shape index (κ2) is 9.60. The Labute approximate surface area is 165 Å². The Bertz CT molecular complexity index is 893. The van der Waals surface area contributed by atoms with Crippen LogP contribution in [-0.4, -0.2) is 22.2 Å². The third kappa shape index (κ3) is 5.36. The van der Waals surface area contributed by atoms with E-state index in [1.54, 1.807) is 12.5 Å². The number of carbonyl (C=O) groups is 1. The van der Waals surface area contributed by atoms with Crippen molar-refractivity contribution < 1.29 is 9.53 Å². The van der Waals surface area contributed by atoms with Gasteiger partial charge in [-0.15, -0.1) is 0 Å². The van der Waals surface area contributed by atoms with Gasteiger partial charge in [-0.05, 0) is 42.7 Å². The third-order valence-corrected chi connectivity index (χ3v) is 4.49. The van der Waals surface area contributed by atoms with Crippen LogP contribution in [0.4, 0.5) is 4.79 Å². The molecule has 2 amide bonds. The van der Waals surface area contributed by atoms with E-state index in [1.807, 2.05) is 67.1 Å². The van der Waals surface area contributed by atoms with Gasteiger partial charge in [0.05, 0.1) is 19.0 Å². The molecule has 146 valence electrons. The van der Waals surface area contributed by atoms with Gasteiger partial charge in [-0.2, -0.15) is 0 Å². The van der Waals surface area contributed by atoms with Crippen molar-refractivity contribution in [2.45, 2.75) is 33.0 Å². The summed E-state index contributed by atoms with van der Waals surface area (Å²) in [4.78, 5) is 16.4. The molecule has 0 unspecified atom stereocenters. The van der Waals surface area contributed by atoms with Crippen LogP contribution in [0, 0.1) is 0 Å². The van der Waals surface area contributed by atoms with Crippen molar-refractivity contribution in [3.05, 3.63) is 83.9 Å². The van der Waals surface area contributed by atoms with Gasteiger partial charge in [0.2, 0.25) is 0 Å². The Morgan fingerprint density at radius 2 is 2.00 bits per heavy atom. The van der Waals surface area contributed by atoms with Gasteiger partial charge in [0.1, 0.15) is 5.75 Å². The standard InChI is InChI=1S/C22H26N4O2/c1-3-28-21-10-6-9-18(13-21)17(2)25-22(27)24-14-19-7-4-5-8-20(19)15-26-12-11-23-16-26/h4-13,16-17H,3,14-15H2,1-2H3,(H2,24,25,27)/t17-/m1/s1. The van der Waals surface area contributed by atoms with E-state index < -0.39 is 0 Å². The third-order valence-electron chi connectivity index (χ3n) is 4.49. The first-order chi connectivity index (χ1) is 13.7. The van der Waals surface area contributed by atoms with E-state index in [1.165, 1.54) is 0 Å². The zero-order valence-electron chi connectivity index (χ0n) is 16.3. The number of benzene rings is 2. The van der Waals surface area contributed by atoms with Gasteiger partial charge in [0.15, 0.2) is 0 Å². The Kier molecular flexibility index (Phi) is 6.68. The van der Waals surface area contributed by atoms with Crippen LogP contribution in [-0.2, 0) is 13.1 Å². The lowest BCUT2D eigenvalue weighted by atomic mass is 10.1. The number of aromatic nitrogens is 2. The van der Waals surface area contributed by atoms with Crippen LogP contribution in [0.15, 0.2) is 67.3 Å². The second-order valence-electron chi connectivity index (χ2n) is 6.56. The summed E-state index contributed by atoms with van der Waals surface area (Å²) < 4.78 is 7.53. The number of imidazole rings is 1. The highest BCUT2D eigenvalue weighted by atomic mass is 16.5. The molecule has 0 bridgehead atoms. The molecule has 0 fully saturated rings. The van der Waals surface area contributed by atoms with Crippen molar-refractivity contribution in [1.29, 1.82) is 0 Å². The second-order valence-corrected chi connectivity index (χ2v) is 6.56. The summed E-state index contributed by atoms with van der Waals surface area (Å²) in [6.07, 6.45) is 5.47. The average Bonchev–Trinajstić information content (AvgIpc) is 3.21. The number of ether oxygens (including phenoxy) is 1. The van der Waals surface area contributed by atoms with E-state index in [0.717, 1.165) is 29.0 Å². The minimum absolute atomic E-state index is 0.124. The molecule has 3 aromatic rings. The summed E-state index contributed by atoms with van der Waals surface area (Å²) in [6.45, 7) is 5.71. The predicted molar refractivity (Wildman–Crippen MR) is 109 cm³/mol. The van der Waals surface area contributed by atoms with Gasteiger partial charge in [0, 0.05) is 25.5 Å². The zero-order valence-corrected chi connectivity index (χ0v) is 16.3. The molecule has 0 aliphatic carbocycles. The molecule has 0 saturated heterocycles. The van der Waals surface area contributed by atoms with Crippen LogP contribution < -0.4 is 15.4 Å². The van der Waals surface area contributed by atoms with Crippen LogP contribution in [0.3, 0.4) is 0 Å². The molecule has 0 saturated carbocycles. The molecule has 2 N–H and O–H groups in total. The van der Waals surface area contributed by atoms with Gasteiger partial charge < -0.3 is 19.9 Å². The first-order valence-electron chi connectivity index (χ1n) is 9.45. The normalized spacial score (nSPS) is 11.6. The minimum atomic E-state index is -0.202. The topological polar surface area (TPSA) is 68.2 Å². The van der Waals surface area contributed by atoms with Crippen molar-refractivity contribution in [1.82, 2.24) is 20.2 Å². The molecule has 0 aliphatic rings. The van der Waals surface area contributed by atoms with E-state index in [0.29, 0.717) is 13.2 Å². The fourth-order valence-corrected chi connectivity index (χ4v) is 3.01. The monoisotopic (exact) mass is 378 g/mol. The smallest absolute Gasteiger partial charge is 0.315 e. The molecule has 1 atom stereocenters. The molecule has 1 aromatic heterocycles. The summed E-state index contributed by atoms with van der Waals surface area (Å²) in [5.74, 6) is 0.808. The lowest BCUT2D eigenvalue weighted by Gasteiger charge is -2.17. The average molecular weight is 378 g/mol. The zero-order chi connectivity index (χ0) is 19.8. The molecule has 0 radical (unpaired) electrons. The van der Waals surface area contributed by atoms with Gasteiger partial charge in [0.25, 0.3) is 0 Å². The van der Waals surface area contributed by atoms with Gasteiger partial charge in [-0.3, -0.25) is 0 Å². The van der Waals surface area contributed by atoms with Crippen molar-refractivity contribution in [3.63, 3.8) is 0 Å². The Hall–Kier alpha value is -3.28. The summed E-state index contributed by atoms with van der Waals surface area (Å²) in [5, 5.41) is 5.93. The highest BCUT2D eigenvalue weighted by Crippen LogP contribution is 2.19. The van der Waals surface area contributed by atoms with Crippen molar-refractivity contribution in [2.75, 3.05) is 6.61 Å². The maximum Gasteiger partial charge on any atom is 0.315 e. The fourth-order valence-electron chi connectivity index (χ4n) is 3.01. The number of urea groups is 1. The van der Waals surface area contributed by atoms with E-state index in [4.69, 9.17) is 4.74 Å². The Morgan fingerprint density at radius 1 is 1.18 bits per heavy atom. The number of hydrogen-bond donors (Lipinski definition) is 2. The van der Waals surface area contributed by atoms with E-state index in [9.17, 15) is 4.79 Å². The van der Waals surface area contributed by atoms with Crippen LogP contribution >= 0.6 is 0 Å². The first-order valence-corrected chi connectivity index (χ1v) is 9.45. The van der Waals surface area contributed by atoms with Crippen LogP contribution in [0.25, 0.3) is 0 Å². The number of nitrogens with zero attached hydrogens (tertiary/aromatic N) is 2. The van der Waals surface area contributed by atoms with Crippen LogP contribution in [0.1, 0.15) is 36.6 Å². The first kappa shape index (κ1) is 19.5. The molecule has 0 spiro atoms. The largest absolute Gasteiger partial charge is 0.494 e. The lowest BCUT2D eigenvalue weighted by molar-refractivity contribution is 0.237. The Morgan fingerprint density at radius 3 is 2.75 bits per heavy atom. The summed E-state index contributed by atoms with van der Waals surface area (Å²) in [5.41, 5.74) is 3.23. The van der Waals surface area contributed by atoms with Gasteiger partial charge in [-0.25, -0.2) is 9.78 Å². The van der Waals surface area contributed by atoms with E-state index >= 15 is 0 Å². The molecule has 6 heteroatoms. The lowest BCUT2D eigenvalue weighted by Crippen LogP contribution is -2.36. The van der Waals surface area contributed by atoms with Crippen LogP contribution in [0.5, 0.6) is 5.75 Å². The highest BCUT2D eigenvalue weighted by molar-refractivity contribution is 5.74. The summed E-state index contributed by atoms with van der Waals surface area (Å²) >= 11 is 0. The maximum absolute atomic E-state index is 12.4. The summed E-state index contributed by atoms with van der Waals surface area (Å²) in [6, 6.07) is 15.5. The number of amides is 2. The van der Waals surface area contributed by atoms with Gasteiger partial charge >= 0.3 is 6.03 Å². The van der Waals surface area contributed by atoms with Crippen molar-refractivity contribution in [3.8, 4) is 5.75 Å². The highest BCUT2D eigenvalue weighted by Gasteiger charge is 2.11. The molecule has 3 rings (SSSR count). The molecule has 6 nitrogen and oxygen atoms in total. The maximum atomic E-state index is 12.4. The van der Waals surface area contributed by atoms with Gasteiger partial charge in [-0.1, -0.05) is 36.4 Å². The quantitative estimate of drug-likeness (QED) is 0.625. The molecule has 1 heterocycles. The molecular weight excluding hydrogens is 352 g/mol. The summed E-state index contributed by atoms with van der Waals surface area (Å²) in [7, 11) is 0. The SMILES string of the molecule is CCOc1cccc([C@@H](C)NC(=O)NCc2ccccc2Cn2ccnc2)c1.